The van der Waals surface area contributed by atoms with Crippen LogP contribution in [0, 0.1) is 16.7 Å². The molecule has 1 heterocycles. The third-order valence-electron chi connectivity index (χ3n) is 3.18. The van der Waals surface area contributed by atoms with Gasteiger partial charge in [0, 0.05) is 18.9 Å². The fraction of sp³-hybridized carbons (Fsp3) is 0.600. The summed E-state index contributed by atoms with van der Waals surface area (Å²) in [6, 6.07) is 6.47. The van der Waals surface area contributed by atoms with E-state index in [-0.39, 0.29) is 5.41 Å². The van der Waals surface area contributed by atoms with Crippen molar-refractivity contribution in [2.24, 2.45) is 5.41 Å². The lowest BCUT2D eigenvalue weighted by Crippen LogP contribution is -2.23. The molecule has 0 spiro atoms. The lowest BCUT2D eigenvalue weighted by molar-refractivity contribution is 0.307. The van der Waals surface area contributed by atoms with Crippen molar-refractivity contribution in [3.8, 4) is 6.07 Å². The highest BCUT2D eigenvalue weighted by atomic mass is 15.1. The molecule has 3 heteroatoms. The summed E-state index contributed by atoms with van der Waals surface area (Å²) in [5.41, 5.74) is 1.14. The summed E-state index contributed by atoms with van der Waals surface area (Å²) in [5.74, 6) is 0. The maximum atomic E-state index is 8.94. The third kappa shape index (κ3) is 5.79. The van der Waals surface area contributed by atoms with Crippen molar-refractivity contribution in [3.63, 3.8) is 0 Å². The van der Waals surface area contributed by atoms with Gasteiger partial charge in [-0.3, -0.25) is 4.98 Å². The van der Waals surface area contributed by atoms with Crippen LogP contribution in [0.2, 0.25) is 0 Å². The second-order valence-electron chi connectivity index (χ2n) is 5.51. The molecule has 18 heavy (non-hydrogen) atoms. The molecule has 0 aromatic carbocycles. The molecule has 0 saturated heterocycles. The quantitative estimate of drug-likeness (QED) is 0.741. The summed E-state index contributed by atoms with van der Waals surface area (Å²) in [6.07, 6.45) is 6.77. The average Bonchev–Trinajstić information content (AvgIpc) is 2.37. The molecule has 3 nitrogen and oxygen atoms in total. The van der Waals surface area contributed by atoms with E-state index >= 15 is 0 Å². The molecule has 0 saturated carbocycles. The monoisotopic (exact) mass is 245 g/mol. The van der Waals surface area contributed by atoms with Gasteiger partial charge in [-0.25, -0.2) is 0 Å². The van der Waals surface area contributed by atoms with Crippen LogP contribution in [-0.2, 0) is 6.42 Å². The summed E-state index contributed by atoms with van der Waals surface area (Å²) in [6.45, 7) is 6.11. The number of pyridine rings is 1. The Hall–Kier alpha value is -1.40. The number of nitrogens with zero attached hydrogens (tertiary/aromatic N) is 3. The fourth-order valence-corrected chi connectivity index (χ4v) is 1.83. The second-order valence-corrected chi connectivity index (χ2v) is 5.51. The van der Waals surface area contributed by atoms with Gasteiger partial charge in [0.05, 0.1) is 11.5 Å². The van der Waals surface area contributed by atoms with Gasteiger partial charge in [0.2, 0.25) is 0 Å². The molecular formula is C15H23N3. The van der Waals surface area contributed by atoms with E-state index in [1.807, 2.05) is 26.2 Å². The predicted octanol–water partition coefficient (Wildman–Crippen LogP) is 2.89. The van der Waals surface area contributed by atoms with Gasteiger partial charge in [-0.15, -0.1) is 0 Å². The Balaban J connectivity index is 2.19. The number of likely N-dealkylation sites (N-methyl/N-ethyl adjacent to an activating group) is 1. The molecule has 0 N–H and O–H groups in total. The van der Waals surface area contributed by atoms with Gasteiger partial charge in [0.15, 0.2) is 0 Å². The Morgan fingerprint density at radius 1 is 1.28 bits per heavy atom. The highest BCUT2D eigenvalue weighted by Crippen LogP contribution is 2.20. The van der Waals surface area contributed by atoms with E-state index in [4.69, 9.17) is 5.26 Å². The van der Waals surface area contributed by atoms with Gasteiger partial charge >= 0.3 is 0 Å². The van der Waals surface area contributed by atoms with Crippen molar-refractivity contribution in [2.45, 2.75) is 33.1 Å². The van der Waals surface area contributed by atoms with Gasteiger partial charge in [-0.2, -0.15) is 5.26 Å². The van der Waals surface area contributed by atoms with Crippen molar-refractivity contribution in [1.29, 1.82) is 5.26 Å². The lowest BCUT2D eigenvalue weighted by atomic mass is 9.90. The molecule has 0 aliphatic carbocycles. The first-order valence-corrected chi connectivity index (χ1v) is 6.52. The first-order chi connectivity index (χ1) is 8.53. The van der Waals surface area contributed by atoms with Crippen molar-refractivity contribution in [2.75, 3.05) is 20.1 Å². The molecular weight excluding hydrogens is 222 g/mol. The maximum Gasteiger partial charge on any atom is 0.0683 e. The van der Waals surface area contributed by atoms with Crippen molar-refractivity contribution in [1.82, 2.24) is 9.88 Å². The van der Waals surface area contributed by atoms with E-state index in [2.05, 4.69) is 35.1 Å². The third-order valence-corrected chi connectivity index (χ3v) is 3.18. The van der Waals surface area contributed by atoms with Crippen LogP contribution >= 0.6 is 0 Å². The van der Waals surface area contributed by atoms with Gasteiger partial charge in [-0.05, 0) is 64.4 Å². The topological polar surface area (TPSA) is 39.9 Å². The maximum absolute atomic E-state index is 8.94. The molecule has 0 bridgehead atoms. The van der Waals surface area contributed by atoms with Gasteiger partial charge in [0.1, 0.15) is 0 Å². The molecule has 0 fully saturated rings. The molecule has 0 aliphatic rings. The summed E-state index contributed by atoms with van der Waals surface area (Å²) < 4.78 is 0. The molecule has 0 aliphatic heterocycles. The first-order valence-electron chi connectivity index (χ1n) is 6.52. The summed E-state index contributed by atoms with van der Waals surface area (Å²) >= 11 is 0. The van der Waals surface area contributed by atoms with E-state index in [0.29, 0.717) is 0 Å². The van der Waals surface area contributed by atoms with Gasteiger partial charge in [0.25, 0.3) is 0 Å². The Bertz CT molecular complexity index is 378. The van der Waals surface area contributed by atoms with Gasteiger partial charge < -0.3 is 4.90 Å². The molecule has 1 aromatic heterocycles. The number of rotatable bonds is 7. The number of hydrogen-bond acceptors (Lipinski definition) is 3. The molecule has 0 amide bonds. The van der Waals surface area contributed by atoms with Crippen molar-refractivity contribution >= 4 is 0 Å². The zero-order valence-electron chi connectivity index (χ0n) is 11.7. The van der Waals surface area contributed by atoms with E-state index < -0.39 is 0 Å². The zero-order chi connectivity index (χ0) is 13.4. The molecule has 98 valence electrons. The molecule has 0 radical (unpaired) electrons. The number of nitriles is 1. The summed E-state index contributed by atoms with van der Waals surface area (Å²) in [7, 11) is 2.14. The van der Waals surface area contributed by atoms with Crippen LogP contribution in [0.25, 0.3) is 0 Å². The van der Waals surface area contributed by atoms with Crippen LogP contribution in [0.15, 0.2) is 24.5 Å². The summed E-state index contributed by atoms with van der Waals surface area (Å²) in [4.78, 5) is 6.34. The average molecular weight is 245 g/mol. The van der Waals surface area contributed by atoms with E-state index in [1.165, 1.54) is 5.56 Å². The Morgan fingerprint density at radius 2 is 1.94 bits per heavy atom. The molecule has 1 aromatic rings. The van der Waals surface area contributed by atoms with Crippen LogP contribution in [0.5, 0.6) is 0 Å². The van der Waals surface area contributed by atoms with Crippen LogP contribution in [0.4, 0.5) is 0 Å². The van der Waals surface area contributed by atoms with Crippen LogP contribution in [-0.4, -0.2) is 30.0 Å². The standard InChI is InChI=1S/C15H23N3/c1-15(2,13-16)8-4-11-18(3)12-7-14-5-9-17-10-6-14/h5-6,9-10H,4,7-8,11-12H2,1-3H3. The van der Waals surface area contributed by atoms with E-state index in [9.17, 15) is 0 Å². The Morgan fingerprint density at radius 3 is 2.56 bits per heavy atom. The van der Waals surface area contributed by atoms with Crippen LogP contribution in [0.1, 0.15) is 32.3 Å². The Labute approximate surface area is 110 Å². The van der Waals surface area contributed by atoms with E-state index in [0.717, 1.165) is 32.4 Å². The lowest BCUT2D eigenvalue weighted by Gasteiger charge is -2.19. The minimum Gasteiger partial charge on any atom is -0.306 e. The minimum absolute atomic E-state index is 0.189. The SMILES string of the molecule is CN(CCCC(C)(C)C#N)CCc1ccncc1. The van der Waals surface area contributed by atoms with Gasteiger partial charge in [-0.1, -0.05) is 0 Å². The van der Waals surface area contributed by atoms with Crippen LogP contribution in [0.3, 0.4) is 0 Å². The predicted molar refractivity (Wildman–Crippen MR) is 74.1 cm³/mol. The van der Waals surface area contributed by atoms with E-state index in [1.54, 1.807) is 0 Å². The highest BCUT2D eigenvalue weighted by Gasteiger charge is 2.15. The van der Waals surface area contributed by atoms with Crippen molar-refractivity contribution in [3.05, 3.63) is 30.1 Å². The second kappa shape index (κ2) is 7.13. The first kappa shape index (κ1) is 14.7. The minimum atomic E-state index is -0.189. The smallest absolute Gasteiger partial charge is 0.0683 e. The number of hydrogen-bond donors (Lipinski definition) is 0. The Kier molecular flexibility index (Phi) is 5.80. The normalized spacial score (nSPS) is 11.5. The zero-order valence-corrected chi connectivity index (χ0v) is 11.7. The molecule has 1 rings (SSSR count). The highest BCUT2D eigenvalue weighted by molar-refractivity contribution is 5.09. The van der Waals surface area contributed by atoms with Crippen molar-refractivity contribution < 1.29 is 0 Å². The molecule has 0 atom stereocenters. The summed E-state index contributed by atoms with van der Waals surface area (Å²) in [5, 5.41) is 8.94. The largest absolute Gasteiger partial charge is 0.306 e. The molecule has 0 unspecified atom stereocenters. The van der Waals surface area contributed by atoms with Crippen LogP contribution < -0.4 is 0 Å². The fourth-order valence-electron chi connectivity index (χ4n) is 1.83. The number of aromatic nitrogens is 1.